The number of carbonyl (C=O) groups excluding carboxylic acids is 5. The lowest BCUT2D eigenvalue weighted by molar-refractivity contribution is -0.237. The van der Waals surface area contributed by atoms with E-state index in [4.69, 9.17) is 33.2 Å². The molecule has 0 saturated carbocycles. The van der Waals surface area contributed by atoms with E-state index in [1.54, 1.807) is 48.5 Å². The molecular weight excluding hydrogens is 704 g/mol. The molecular formula is C31H29BrN2O12S. The van der Waals surface area contributed by atoms with E-state index in [0.717, 1.165) is 37.0 Å². The summed E-state index contributed by atoms with van der Waals surface area (Å²) in [5.74, 6) is -2.29. The maximum atomic E-state index is 13.9. The second kappa shape index (κ2) is 14.6. The number of hydrogen-bond donors (Lipinski definition) is 0. The minimum absolute atomic E-state index is 0.0694. The van der Waals surface area contributed by atoms with E-state index >= 15 is 0 Å². The van der Waals surface area contributed by atoms with Gasteiger partial charge < -0.3 is 33.2 Å². The van der Waals surface area contributed by atoms with E-state index in [1.165, 1.54) is 11.8 Å². The quantitative estimate of drug-likeness (QED) is 0.219. The van der Waals surface area contributed by atoms with Gasteiger partial charge in [-0.15, -0.1) is 0 Å². The molecule has 16 heteroatoms. The van der Waals surface area contributed by atoms with Gasteiger partial charge in [-0.1, -0.05) is 33.8 Å². The van der Waals surface area contributed by atoms with E-state index in [-0.39, 0.29) is 17.7 Å². The van der Waals surface area contributed by atoms with Crippen LogP contribution in [0.3, 0.4) is 0 Å². The van der Waals surface area contributed by atoms with Crippen molar-refractivity contribution in [1.29, 1.82) is 0 Å². The number of rotatable bonds is 8. The number of halogens is 1. The number of amidine groups is 1. The van der Waals surface area contributed by atoms with Crippen LogP contribution in [0.2, 0.25) is 0 Å². The summed E-state index contributed by atoms with van der Waals surface area (Å²) < 4.78 is 39.6. The van der Waals surface area contributed by atoms with Crippen LogP contribution in [0.1, 0.15) is 33.3 Å². The Morgan fingerprint density at radius 2 is 1.53 bits per heavy atom. The molecule has 0 radical (unpaired) electrons. The van der Waals surface area contributed by atoms with Crippen molar-refractivity contribution in [3.05, 3.63) is 58.2 Å². The molecule has 3 heterocycles. The zero-order valence-electron chi connectivity index (χ0n) is 25.5. The number of nitrogens with zero attached hydrogens (tertiary/aromatic N) is 2. The van der Waals surface area contributed by atoms with Crippen LogP contribution in [-0.4, -0.2) is 78.2 Å². The van der Waals surface area contributed by atoms with Crippen molar-refractivity contribution in [3.63, 3.8) is 0 Å². The van der Waals surface area contributed by atoms with Gasteiger partial charge in [-0.2, -0.15) is 0 Å². The first-order chi connectivity index (χ1) is 22.4. The number of ether oxygens (including phenoxy) is 7. The molecule has 2 aromatic carbocycles. The van der Waals surface area contributed by atoms with Crippen LogP contribution < -0.4 is 14.4 Å². The van der Waals surface area contributed by atoms with Gasteiger partial charge in [0.25, 0.3) is 5.91 Å². The molecule has 5 rings (SSSR count). The van der Waals surface area contributed by atoms with Crippen molar-refractivity contribution in [2.24, 2.45) is 4.99 Å². The third-order valence-electron chi connectivity index (χ3n) is 6.78. The summed E-state index contributed by atoms with van der Waals surface area (Å²) in [5, 5.41) is 0.130. The number of hydrogen-bond acceptors (Lipinski definition) is 14. The fourth-order valence-electron chi connectivity index (χ4n) is 4.94. The number of thioether (sulfide) groups is 1. The van der Waals surface area contributed by atoms with Crippen LogP contribution >= 0.6 is 27.7 Å². The molecule has 1 fully saturated rings. The van der Waals surface area contributed by atoms with Crippen LogP contribution in [0.25, 0.3) is 6.08 Å². The van der Waals surface area contributed by atoms with Gasteiger partial charge in [0.1, 0.15) is 18.4 Å². The summed E-state index contributed by atoms with van der Waals surface area (Å²) in [6.07, 6.45) is -3.65. The maximum absolute atomic E-state index is 13.9. The van der Waals surface area contributed by atoms with Crippen LogP contribution in [0.4, 0.5) is 5.69 Å². The smallest absolute Gasteiger partial charge is 0.303 e. The second-order valence-electron chi connectivity index (χ2n) is 10.3. The van der Waals surface area contributed by atoms with Gasteiger partial charge >= 0.3 is 23.9 Å². The minimum atomic E-state index is -1.38. The normalized spacial score (nSPS) is 24.1. The summed E-state index contributed by atoms with van der Waals surface area (Å²) in [7, 11) is 0. The highest BCUT2D eigenvalue weighted by Crippen LogP contribution is 2.39. The van der Waals surface area contributed by atoms with Gasteiger partial charge in [-0.3, -0.25) is 28.9 Å². The first kappa shape index (κ1) is 33.9. The van der Waals surface area contributed by atoms with Crippen LogP contribution in [0, 0.1) is 0 Å². The first-order valence-electron chi connectivity index (χ1n) is 14.2. The third-order valence-corrected chi connectivity index (χ3v) is 8.41. The van der Waals surface area contributed by atoms with Crippen molar-refractivity contribution in [2.75, 3.05) is 18.3 Å². The summed E-state index contributed by atoms with van der Waals surface area (Å²) in [6.45, 7) is 4.29. The van der Waals surface area contributed by atoms with E-state index in [9.17, 15) is 24.0 Å². The number of anilines is 1. The van der Waals surface area contributed by atoms with Crippen molar-refractivity contribution in [1.82, 2.24) is 0 Å². The van der Waals surface area contributed by atoms with Gasteiger partial charge in [-0.25, -0.2) is 4.99 Å². The van der Waals surface area contributed by atoms with Crippen molar-refractivity contribution < 1.29 is 57.1 Å². The molecule has 0 aliphatic carbocycles. The molecule has 14 nitrogen and oxygen atoms in total. The molecule has 1 amide bonds. The summed E-state index contributed by atoms with van der Waals surface area (Å²) >= 11 is 4.30. The summed E-state index contributed by atoms with van der Waals surface area (Å²) in [5.41, 5.74) is -0.0512. The molecule has 0 N–H and O–H groups in total. The van der Waals surface area contributed by atoms with Crippen LogP contribution in [0.15, 0.2) is 57.6 Å². The van der Waals surface area contributed by atoms with E-state index in [0.29, 0.717) is 22.7 Å². The molecule has 5 atom stereocenters. The highest BCUT2D eigenvalue weighted by Gasteiger charge is 2.53. The summed E-state index contributed by atoms with van der Waals surface area (Å²) in [4.78, 5) is 68.3. The standard InChI is InChI=1S/C31H29BrN2O12S/c1-15(35)40-13-25-26(43-16(2)36)27(44-17(3)37)28(45-18(4)38)30(46-25)47-31-33-22(11-19-5-10-23-24(12-19)42-14-41-23)29(39)34(31)21-8-6-20(32)7-9-21/h5-12,25-28,30H,13-14H2,1-4H3/b22-11-/t25-,26-,27+,28-,30+/m1/s1. The maximum Gasteiger partial charge on any atom is 0.303 e. The van der Waals surface area contributed by atoms with Gasteiger partial charge in [0.15, 0.2) is 40.4 Å². The minimum Gasteiger partial charge on any atom is -0.463 e. The Morgan fingerprint density at radius 3 is 2.19 bits per heavy atom. The Kier molecular flexibility index (Phi) is 10.5. The average molecular weight is 734 g/mol. The number of fused-ring (bicyclic) bond motifs is 1. The Hall–Kier alpha value is -4.41. The number of amides is 1. The van der Waals surface area contributed by atoms with E-state index in [2.05, 4.69) is 20.9 Å². The van der Waals surface area contributed by atoms with Crippen LogP contribution in [-0.2, 0) is 47.7 Å². The Labute approximate surface area is 281 Å². The van der Waals surface area contributed by atoms with E-state index in [1.807, 2.05) is 0 Å². The number of benzene rings is 2. The molecule has 0 spiro atoms. The molecule has 3 aliphatic rings. The lowest BCUT2D eigenvalue weighted by atomic mass is 9.99. The highest BCUT2D eigenvalue weighted by molar-refractivity contribution is 9.10. The Bertz CT molecular complexity index is 1650. The third kappa shape index (κ3) is 8.12. The lowest BCUT2D eigenvalue weighted by Crippen LogP contribution is -2.61. The largest absolute Gasteiger partial charge is 0.463 e. The number of esters is 4. The molecule has 0 bridgehead atoms. The Morgan fingerprint density at radius 1 is 0.894 bits per heavy atom. The zero-order valence-corrected chi connectivity index (χ0v) is 27.9. The molecule has 3 aliphatic heterocycles. The Balaban J connectivity index is 1.56. The lowest BCUT2D eigenvalue weighted by Gasteiger charge is -2.44. The van der Waals surface area contributed by atoms with Crippen molar-refractivity contribution >= 4 is 74.4 Å². The zero-order chi connectivity index (χ0) is 33.8. The predicted molar refractivity (Wildman–Crippen MR) is 169 cm³/mol. The molecule has 248 valence electrons. The molecule has 2 aromatic rings. The summed E-state index contributed by atoms with van der Waals surface area (Å²) in [6, 6.07) is 12.1. The highest BCUT2D eigenvalue weighted by atomic mass is 79.9. The molecule has 0 aromatic heterocycles. The number of carbonyl (C=O) groups is 5. The second-order valence-corrected chi connectivity index (χ2v) is 12.3. The fraction of sp³-hybridized carbons (Fsp3) is 0.355. The van der Waals surface area contributed by atoms with Crippen molar-refractivity contribution in [3.8, 4) is 11.5 Å². The van der Waals surface area contributed by atoms with Gasteiger partial charge in [0.05, 0.1) is 5.69 Å². The van der Waals surface area contributed by atoms with Crippen molar-refractivity contribution in [2.45, 2.75) is 57.5 Å². The monoisotopic (exact) mass is 732 g/mol. The molecule has 0 unspecified atom stereocenters. The van der Waals surface area contributed by atoms with Gasteiger partial charge in [-0.05, 0) is 48.0 Å². The SMILES string of the molecule is CC(=O)OC[C@H]1O[C@@H](SC2=N/C(=C\c3ccc4c(c3)OCO4)C(=O)N2c2ccc(Br)cc2)[C@H](OC(C)=O)[C@@H](OC(C)=O)[C@@H]1OC(C)=O. The topological polar surface area (TPSA) is 166 Å². The van der Waals surface area contributed by atoms with Gasteiger partial charge in [0, 0.05) is 32.2 Å². The fourth-order valence-corrected chi connectivity index (χ4v) is 6.40. The average Bonchev–Trinajstić information content (AvgIpc) is 3.58. The first-order valence-corrected chi connectivity index (χ1v) is 15.8. The molecule has 1 saturated heterocycles. The van der Waals surface area contributed by atoms with Gasteiger partial charge in [0.2, 0.25) is 6.79 Å². The molecule has 47 heavy (non-hydrogen) atoms. The number of aliphatic imine (C=N–C) groups is 1. The van der Waals surface area contributed by atoms with E-state index < -0.39 is 66.2 Å². The predicted octanol–water partition coefficient (Wildman–Crippen LogP) is 3.74. The van der Waals surface area contributed by atoms with Crippen LogP contribution in [0.5, 0.6) is 11.5 Å².